The van der Waals surface area contributed by atoms with Crippen LogP contribution in [0.25, 0.3) is 0 Å². The molecule has 0 saturated carbocycles. The molecule has 1 aliphatic heterocycles. The van der Waals surface area contributed by atoms with Crippen LogP contribution in [-0.2, 0) is 6.54 Å². The Balaban J connectivity index is 1.93. The summed E-state index contributed by atoms with van der Waals surface area (Å²) in [7, 11) is 3.89. The fraction of sp³-hybridized carbons (Fsp3) is 0.562. The van der Waals surface area contributed by atoms with Gasteiger partial charge < -0.3 is 15.1 Å². The zero-order valence-electron chi connectivity index (χ0n) is 13.3. The molecule has 1 aromatic rings. The Morgan fingerprint density at radius 2 is 2.27 bits per heavy atom. The number of urea groups is 1. The van der Waals surface area contributed by atoms with Crippen molar-refractivity contribution in [3.8, 4) is 0 Å². The van der Waals surface area contributed by atoms with Crippen LogP contribution >= 0.6 is 11.6 Å². The number of carbonyl (C=O) groups excluding carboxylic acids is 1. The first-order chi connectivity index (χ1) is 10.4. The largest absolute Gasteiger partial charge is 0.334 e. The van der Waals surface area contributed by atoms with Crippen molar-refractivity contribution in [3.05, 3.63) is 34.6 Å². The number of likely N-dealkylation sites (tertiary alicyclic amines) is 1. The highest BCUT2D eigenvalue weighted by atomic mass is 35.5. The van der Waals surface area contributed by atoms with Crippen molar-refractivity contribution in [3.63, 3.8) is 0 Å². The topological polar surface area (TPSA) is 35.6 Å². The van der Waals surface area contributed by atoms with Crippen molar-refractivity contribution in [2.24, 2.45) is 5.92 Å². The molecule has 1 aromatic carbocycles. The summed E-state index contributed by atoms with van der Waals surface area (Å²) in [6.45, 7) is 4.25. The molecule has 2 rings (SSSR count). The van der Waals surface area contributed by atoms with Crippen molar-refractivity contribution >= 4 is 17.6 Å². The lowest BCUT2D eigenvalue weighted by Gasteiger charge is -2.39. The van der Waals surface area contributed by atoms with Gasteiger partial charge in [-0.1, -0.05) is 30.7 Å². The van der Waals surface area contributed by atoms with Gasteiger partial charge in [0.15, 0.2) is 0 Å². The molecule has 0 spiro atoms. The molecular weight excluding hydrogens is 305 g/mol. The Morgan fingerprint density at radius 3 is 2.95 bits per heavy atom. The number of carbonyl (C=O) groups is 1. The predicted octanol–water partition coefficient (Wildman–Crippen LogP) is 2.96. The molecule has 22 heavy (non-hydrogen) atoms. The zero-order valence-corrected chi connectivity index (χ0v) is 14.0. The van der Waals surface area contributed by atoms with Gasteiger partial charge in [0.1, 0.15) is 5.82 Å². The molecule has 122 valence electrons. The molecule has 2 atom stereocenters. The molecule has 0 aromatic heterocycles. The van der Waals surface area contributed by atoms with Gasteiger partial charge in [0.2, 0.25) is 0 Å². The Labute approximate surface area is 136 Å². The van der Waals surface area contributed by atoms with Crippen LogP contribution in [-0.4, -0.2) is 49.1 Å². The predicted molar refractivity (Wildman–Crippen MR) is 86.5 cm³/mol. The van der Waals surface area contributed by atoms with Gasteiger partial charge in [-0.15, -0.1) is 0 Å². The number of nitrogens with one attached hydrogen (secondary N) is 1. The Bertz CT molecular complexity index is 540. The quantitative estimate of drug-likeness (QED) is 0.926. The van der Waals surface area contributed by atoms with Crippen molar-refractivity contribution in [1.29, 1.82) is 0 Å². The number of nitrogens with zero attached hydrogens (tertiary/aromatic N) is 2. The lowest BCUT2D eigenvalue weighted by Crippen LogP contribution is -2.52. The van der Waals surface area contributed by atoms with Gasteiger partial charge in [-0.05, 0) is 32.0 Å². The first kappa shape index (κ1) is 17.0. The summed E-state index contributed by atoms with van der Waals surface area (Å²) in [5.41, 5.74) is 0.394. The average molecular weight is 328 g/mol. The summed E-state index contributed by atoms with van der Waals surface area (Å²) in [4.78, 5) is 16.3. The van der Waals surface area contributed by atoms with Crippen molar-refractivity contribution in [2.45, 2.75) is 25.9 Å². The van der Waals surface area contributed by atoms with E-state index in [9.17, 15) is 9.18 Å². The van der Waals surface area contributed by atoms with Gasteiger partial charge in [-0.2, -0.15) is 0 Å². The molecule has 0 aliphatic carbocycles. The molecule has 1 N–H and O–H groups in total. The SMILES string of the molecule is C[C@@H]1CN(C)CC[C@H]1N(C)C(=O)NCc1cccc(Cl)c1F. The average Bonchev–Trinajstić information content (AvgIpc) is 2.48. The van der Waals surface area contributed by atoms with Crippen LogP contribution in [0.5, 0.6) is 0 Å². The minimum absolute atomic E-state index is 0.0732. The standard InChI is InChI=1S/C16H23ClFN3O/c1-11-10-20(2)8-7-14(11)21(3)16(22)19-9-12-5-4-6-13(17)15(12)18/h4-6,11,14H,7-10H2,1-3H3,(H,19,22)/t11-,14-/m1/s1. The van der Waals surface area contributed by atoms with Crippen molar-refractivity contribution in [1.82, 2.24) is 15.1 Å². The highest BCUT2D eigenvalue weighted by Gasteiger charge is 2.29. The van der Waals surface area contributed by atoms with Gasteiger partial charge in [0.05, 0.1) is 5.02 Å². The second kappa shape index (κ2) is 7.29. The normalized spacial score (nSPS) is 22.4. The lowest BCUT2D eigenvalue weighted by atomic mass is 9.93. The van der Waals surface area contributed by atoms with E-state index in [1.54, 1.807) is 24.1 Å². The second-order valence-corrected chi connectivity index (χ2v) is 6.49. The number of amides is 2. The van der Waals surface area contributed by atoms with Gasteiger partial charge in [-0.25, -0.2) is 9.18 Å². The van der Waals surface area contributed by atoms with Crippen LogP contribution in [0, 0.1) is 11.7 Å². The maximum Gasteiger partial charge on any atom is 0.317 e. The second-order valence-electron chi connectivity index (χ2n) is 6.08. The molecule has 0 unspecified atom stereocenters. The number of hydrogen-bond donors (Lipinski definition) is 1. The minimum Gasteiger partial charge on any atom is -0.334 e. The first-order valence-corrected chi connectivity index (χ1v) is 7.90. The van der Waals surface area contributed by atoms with E-state index in [0.29, 0.717) is 11.5 Å². The fourth-order valence-electron chi connectivity index (χ4n) is 3.05. The monoisotopic (exact) mass is 327 g/mol. The summed E-state index contributed by atoms with van der Waals surface area (Å²) in [5.74, 6) is -0.0582. The van der Waals surface area contributed by atoms with E-state index < -0.39 is 5.82 Å². The molecule has 1 saturated heterocycles. The summed E-state index contributed by atoms with van der Waals surface area (Å²) < 4.78 is 13.8. The molecule has 0 bridgehead atoms. The first-order valence-electron chi connectivity index (χ1n) is 7.52. The van der Waals surface area contributed by atoms with Crippen molar-refractivity contribution in [2.75, 3.05) is 27.2 Å². The highest BCUT2D eigenvalue weighted by molar-refractivity contribution is 6.30. The Morgan fingerprint density at radius 1 is 1.55 bits per heavy atom. The summed E-state index contributed by atoms with van der Waals surface area (Å²) >= 11 is 5.74. The number of hydrogen-bond acceptors (Lipinski definition) is 2. The summed E-state index contributed by atoms with van der Waals surface area (Å²) in [6.07, 6.45) is 0.952. The van der Waals surface area contributed by atoms with Crippen molar-refractivity contribution < 1.29 is 9.18 Å². The van der Waals surface area contributed by atoms with Gasteiger partial charge in [-0.3, -0.25) is 0 Å². The number of benzene rings is 1. The van der Waals surface area contributed by atoms with E-state index in [2.05, 4.69) is 24.2 Å². The Hall–Kier alpha value is -1.33. The number of rotatable bonds is 3. The molecule has 6 heteroatoms. The highest BCUT2D eigenvalue weighted by Crippen LogP contribution is 2.21. The molecule has 1 aliphatic rings. The van der Waals surface area contributed by atoms with E-state index in [-0.39, 0.29) is 23.6 Å². The molecule has 2 amide bonds. The zero-order chi connectivity index (χ0) is 16.3. The van der Waals surface area contributed by atoms with E-state index in [0.717, 1.165) is 19.5 Å². The van der Waals surface area contributed by atoms with Crippen LogP contribution in [0.1, 0.15) is 18.9 Å². The molecular formula is C16H23ClFN3O. The third kappa shape index (κ3) is 3.90. The lowest BCUT2D eigenvalue weighted by molar-refractivity contribution is 0.107. The van der Waals surface area contributed by atoms with E-state index in [1.807, 2.05) is 0 Å². The van der Waals surface area contributed by atoms with E-state index in [4.69, 9.17) is 11.6 Å². The minimum atomic E-state index is -0.472. The van der Waals surface area contributed by atoms with E-state index in [1.165, 1.54) is 6.07 Å². The maximum absolute atomic E-state index is 13.8. The number of halogens is 2. The van der Waals surface area contributed by atoms with Gasteiger partial charge in [0.25, 0.3) is 0 Å². The Kier molecular flexibility index (Phi) is 5.64. The third-order valence-electron chi connectivity index (χ3n) is 4.34. The molecule has 0 radical (unpaired) electrons. The van der Waals surface area contributed by atoms with Gasteiger partial charge >= 0.3 is 6.03 Å². The van der Waals surface area contributed by atoms with Gasteiger partial charge in [0, 0.05) is 31.7 Å². The molecule has 1 fully saturated rings. The van der Waals surface area contributed by atoms with Crippen LogP contribution in [0.3, 0.4) is 0 Å². The summed E-state index contributed by atoms with van der Waals surface area (Å²) in [5, 5.41) is 2.84. The van der Waals surface area contributed by atoms with Crippen LogP contribution in [0.2, 0.25) is 5.02 Å². The molecule has 4 nitrogen and oxygen atoms in total. The number of piperidine rings is 1. The smallest absolute Gasteiger partial charge is 0.317 e. The van der Waals surface area contributed by atoms with Crippen LogP contribution in [0.4, 0.5) is 9.18 Å². The van der Waals surface area contributed by atoms with E-state index >= 15 is 0 Å². The van der Waals surface area contributed by atoms with Crippen LogP contribution < -0.4 is 5.32 Å². The maximum atomic E-state index is 13.8. The van der Waals surface area contributed by atoms with Crippen LogP contribution in [0.15, 0.2) is 18.2 Å². The fourth-order valence-corrected chi connectivity index (χ4v) is 3.24. The molecule has 1 heterocycles. The third-order valence-corrected chi connectivity index (χ3v) is 4.63. The summed E-state index contributed by atoms with van der Waals surface area (Å²) in [6, 6.07) is 4.82.